The van der Waals surface area contributed by atoms with Gasteiger partial charge >= 0.3 is 0 Å². The monoisotopic (exact) mass is 715 g/mol. The summed E-state index contributed by atoms with van der Waals surface area (Å²) < 4.78 is 11.3. The Kier molecular flexibility index (Phi) is 10.5. The van der Waals surface area contributed by atoms with Gasteiger partial charge in [0.15, 0.2) is 0 Å². The summed E-state index contributed by atoms with van der Waals surface area (Å²) in [5.41, 5.74) is 7.91. The second-order valence-electron chi connectivity index (χ2n) is 12.5. The molecule has 2 aliphatic rings. The molecule has 5 N–H and O–H groups in total. The van der Waals surface area contributed by atoms with Crippen molar-refractivity contribution >= 4 is 23.2 Å². The third kappa shape index (κ3) is 7.32. The van der Waals surface area contributed by atoms with Gasteiger partial charge in [-0.3, -0.25) is 20.4 Å². The number of rotatable bonds is 12. The van der Waals surface area contributed by atoms with Crippen molar-refractivity contribution in [1.82, 2.24) is 46.1 Å². The number of aromatic nitrogens is 6. The molecule has 0 amide bonds. The number of fused-ring (bicyclic) bond motifs is 1. The fourth-order valence-corrected chi connectivity index (χ4v) is 7.29. The quantitative estimate of drug-likeness (QED) is 0.117. The summed E-state index contributed by atoms with van der Waals surface area (Å²) >= 11 is 14.2. The second-order valence-corrected chi connectivity index (χ2v) is 13.3. The number of aromatic amines is 1. The first-order valence-electron chi connectivity index (χ1n) is 16.7. The molecule has 1 aliphatic carbocycles. The van der Waals surface area contributed by atoms with Gasteiger partial charge in [0.05, 0.1) is 54.2 Å². The Balaban J connectivity index is 1.09. The number of hydrogen-bond acceptors (Lipinski definition) is 11. The number of hydrogen-bond donors (Lipinski definition) is 5. The van der Waals surface area contributed by atoms with Crippen LogP contribution in [0.5, 0.6) is 11.8 Å². The molecule has 0 bridgehead atoms. The number of nitrogens with one attached hydrogen (secondary N) is 4. The zero-order chi connectivity index (χ0) is 34.6. The van der Waals surface area contributed by atoms with Crippen LogP contribution in [0.2, 0.25) is 10.0 Å². The van der Waals surface area contributed by atoms with Gasteiger partial charge in [0.2, 0.25) is 11.8 Å². The average Bonchev–Trinajstić information content (AvgIpc) is 3.79. The molecule has 4 heterocycles. The molecule has 0 saturated carbocycles. The Morgan fingerprint density at radius 3 is 2.04 bits per heavy atom. The normalized spacial score (nSPS) is 18.6. The Morgan fingerprint density at radius 1 is 0.820 bits per heavy atom. The summed E-state index contributed by atoms with van der Waals surface area (Å²) in [6.07, 6.45) is 9.47. The highest BCUT2D eigenvalue weighted by Gasteiger charge is 2.23. The van der Waals surface area contributed by atoms with Crippen molar-refractivity contribution in [3.63, 3.8) is 0 Å². The summed E-state index contributed by atoms with van der Waals surface area (Å²) in [4.78, 5) is 18.9. The topological polar surface area (TPSA) is 155 Å². The Morgan fingerprint density at radius 2 is 1.44 bits per heavy atom. The van der Waals surface area contributed by atoms with E-state index < -0.39 is 6.23 Å². The van der Waals surface area contributed by atoms with Crippen LogP contribution in [0.3, 0.4) is 0 Å². The van der Waals surface area contributed by atoms with E-state index in [2.05, 4.69) is 31.1 Å². The summed E-state index contributed by atoms with van der Waals surface area (Å²) in [6.45, 7) is 1.69. The zero-order valence-corrected chi connectivity index (χ0v) is 29.4. The van der Waals surface area contributed by atoms with Crippen molar-refractivity contribution in [3.8, 4) is 45.4 Å². The molecule has 2 aromatic carbocycles. The van der Waals surface area contributed by atoms with Crippen molar-refractivity contribution in [1.29, 1.82) is 0 Å². The van der Waals surface area contributed by atoms with E-state index in [1.807, 2.05) is 42.6 Å². The number of aliphatic hydroxyl groups excluding tert-OH is 1. The SMILES string of the molecule is COc1nc(-c2cccc(-c3cccc(-c4cnc(CNC5CCc6cn[nH]c6C5)c(OC)n4)c3Cl)c2Cl)cnc1CNC[C@@H]1CCC(O)N1. The summed E-state index contributed by atoms with van der Waals surface area (Å²) in [7, 11) is 3.17. The maximum absolute atomic E-state index is 9.71. The number of nitrogens with zero attached hydrogens (tertiary/aromatic N) is 5. The van der Waals surface area contributed by atoms with E-state index in [1.54, 1.807) is 26.6 Å². The summed E-state index contributed by atoms with van der Waals surface area (Å²) in [5.74, 6) is 0.850. The van der Waals surface area contributed by atoms with Crippen molar-refractivity contribution in [2.45, 2.75) is 63.5 Å². The molecule has 1 aliphatic heterocycles. The minimum absolute atomic E-state index is 0.213. The molecule has 2 unspecified atom stereocenters. The number of ether oxygens (including phenoxy) is 2. The molecule has 3 atom stereocenters. The number of H-pyrrole nitrogens is 1. The van der Waals surface area contributed by atoms with Crippen LogP contribution in [-0.2, 0) is 25.9 Å². The molecule has 7 rings (SSSR count). The summed E-state index contributed by atoms with van der Waals surface area (Å²) in [5, 5.41) is 28.1. The fourth-order valence-electron chi connectivity index (χ4n) is 6.65. The highest BCUT2D eigenvalue weighted by atomic mass is 35.5. The van der Waals surface area contributed by atoms with Gasteiger partial charge in [0.1, 0.15) is 17.6 Å². The Bertz CT molecular complexity index is 1970. The van der Waals surface area contributed by atoms with Crippen molar-refractivity contribution in [3.05, 3.63) is 87.7 Å². The van der Waals surface area contributed by atoms with Crippen LogP contribution in [0, 0.1) is 0 Å². The molecular weight excluding hydrogens is 677 g/mol. The average molecular weight is 717 g/mol. The van der Waals surface area contributed by atoms with E-state index in [-0.39, 0.29) is 6.04 Å². The lowest BCUT2D eigenvalue weighted by Gasteiger charge is -2.23. The van der Waals surface area contributed by atoms with Gasteiger partial charge in [-0.25, -0.2) is 9.97 Å². The van der Waals surface area contributed by atoms with E-state index in [9.17, 15) is 5.11 Å². The van der Waals surface area contributed by atoms with Gasteiger partial charge in [-0.15, -0.1) is 0 Å². The smallest absolute Gasteiger partial charge is 0.237 e. The third-order valence-corrected chi connectivity index (χ3v) is 10.1. The highest BCUT2D eigenvalue weighted by Crippen LogP contribution is 2.42. The van der Waals surface area contributed by atoms with Crippen LogP contribution in [0.4, 0.5) is 0 Å². The van der Waals surface area contributed by atoms with Gasteiger partial charge in [-0.05, 0) is 31.2 Å². The van der Waals surface area contributed by atoms with E-state index in [0.717, 1.165) is 48.9 Å². The lowest BCUT2D eigenvalue weighted by atomic mass is 9.94. The van der Waals surface area contributed by atoms with Gasteiger partial charge in [-0.1, -0.05) is 59.6 Å². The summed E-state index contributed by atoms with van der Waals surface area (Å²) in [6, 6.07) is 12.0. The lowest BCUT2D eigenvalue weighted by molar-refractivity contribution is 0.154. The zero-order valence-electron chi connectivity index (χ0n) is 27.8. The molecule has 50 heavy (non-hydrogen) atoms. The molecule has 260 valence electrons. The van der Waals surface area contributed by atoms with E-state index in [0.29, 0.717) is 75.7 Å². The Hall–Kier alpha value is -4.17. The van der Waals surface area contributed by atoms with Crippen molar-refractivity contribution in [2.75, 3.05) is 20.8 Å². The number of halogens is 2. The van der Waals surface area contributed by atoms with Crippen LogP contribution in [0.15, 0.2) is 55.0 Å². The first-order valence-corrected chi connectivity index (χ1v) is 17.4. The Labute approximate surface area is 300 Å². The van der Waals surface area contributed by atoms with Crippen LogP contribution < -0.4 is 25.4 Å². The fraction of sp³-hybridized carbons (Fsp3) is 0.361. The van der Waals surface area contributed by atoms with E-state index >= 15 is 0 Å². The number of aryl methyl sites for hydroxylation is 1. The number of aliphatic hydroxyl groups is 1. The van der Waals surface area contributed by atoms with Gasteiger partial charge in [0, 0.05) is 66.1 Å². The first kappa shape index (κ1) is 34.3. The molecule has 1 saturated heterocycles. The predicted octanol–water partition coefficient (Wildman–Crippen LogP) is 5.12. The van der Waals surface area contributed by atoms with E-state index in [4.69, 9.17) is 47.6 Å². The van der Waals surface area contributed by atoms with Crippen LogP contribution >= 0.6 is 23.2 Å². The molecule has 1 fully saturated rings. The molecule has 3 aromatic heterocycles. The standard InChI is InChI=1S/C36H39Cl2N9O3/c1-49-35-30(16-39-15-22-11-12-32(48)44-22)41-17-28(45-35)25-7-3-5-23(33(25)37)24-6-4-8-26(34(24)38)29-18-42-31(36(46-29)50-2)19-40-21-10-9-20-14-43-47-27(20)13-21/h3-8,14,17-18,21-22,32,39-40,44,48H,9-13,15-16,19H2,1-2H3,(H,43,47)/t21?,22-,32?/m0/s1. The van der Waals surface area contributed by atoms with E-state index in [1.165, 1.54) is 11.3 Å². The molecule has 14 heteroatoms. The minimum Gasteiger partial charge on any atom is -0.480 e. The first-order chi connectivity index (χ1) is 24.4. The van der Waals surface area contributed by atoms with Crippen LogP contribution in [0.25, 0.3) is 33.6 Å². The second kappa shape index (κ2) is 15.4. The highest BCUT2D eigenvalue weighted by molar-refractivity contribution is 6.39. The predicted molar refractivity (Wildman–Crippen MR) is 192 cm³/mol. The van der Waals surface area contributed by atoms with Crippen molar-refractivity contribution < 1.29 is 14.6 Å². The largest absolute Gasteiger partial charge is 0.480 e. The molecule has 0 spiro atoms. The third-order valence-electron chi connectivity index (χ3n) is 9.33. The molecular formula is C36H39Cl2N9O3. The molecule has 12 nitrogen and oxygen atoms in total. The van der Waals surface area contributed by atoms with Crippen LogP contribution in [-0.4, -0.2) is 74.3 Å². The maximum atomic E-state index is 9.71. The lowest BCUT2D eigenvalue weighted by Crippen LogP contribution is -2.37. The molecule has 0 radical (unpaired) electrons. The van der Waals surface area contributed by atoms with Gasteiger partial charge in [0.25, 0.3) is 0 Å². The minimum atomic E-state index is -0.440. The van der Waals surface area contributed by atoms with Crippen molar-refractivity contribution in [2.24, 2.45) is 0 Å². The number of methoxy groups -OCH3 is 2. The number of benzene rings is 2. The molecule has 5 aromatic rings. The van der Waals surface area contributed by atoms with Crippen LogP contribution in [0.1, 0.15) is 41.9 Å². The van der Waals surface area contributed by atoms with Gasteiger partial charge in [-0.2, -0.15) is 5.10 Å². The van der Waals surface area contributed by atoms with Gasteiger partial charge < -0.3 is 25.2 Å². The maximum Gasteiger partial charge on any atom is 0.237 e.